The van der Waals surface area contributed by atoms with Gasteiger partial charge in [0.2, 0.25) is 11.7 Å². The number of anilines is 1. The number of aromatic amines is 1. The number of allylic oxidation sites excluding steroid dienone is 5. The zero-order valence-corrected chi connectivity index (χ0v) is 17.1. The van der Waals surface area contributed by atoms with Crippen molar-refractivity contribution in [2.75, 3.05) is 11.9 Å². The fourth-order valence-corrected chi connectivity index (χ4v) is 3.99. The van der Waals surface area contributed by atoms with E-state index < -0.39 is 11.9 Å². The molecule has 0 saturated heterocycles. The van der Waals surface area contributed by atoms with E-state index in [1.807, 2.05) is 49.4 Å². The van der Waals surface area contributed by atoms with E-state index in [0.29, 0.717) is 12.2 Å². The minimum absolute atomic E-state index is 0.102. The number of hydrogen-bond donors (Lipinski definition) is 2. The first-order valence-electron chi connectivity index (χ1n) is 10.1. The van der Waals surface area contributed by atoms with Gasteiger partial charge in [-0.15, -0.1) is 10.2 Å². The fraction of sp³-hybridized carbons (Fsp3) is 0.304. The third kappa shape index (κ3) is 3.83. The van der Waals surface area contributed by atoms with Gasteiger partial charge >= 0.3 is 0 Å². The second kappa shape index (κ2) is 8.10. The molecular formula is C23H25N5O2. The van der Waals surface area contributed by atoms with Crippen molar-refractivity contribution in [3.05, 3.63) is 77.9 Å². The number of carbonyl (C=O) groups excluding carboxylic acids is 2. The third-order valence-corrected chi connectivity index (χ3v) is 5.63. The number of nitrogens with one attached hydrogen (secondary N) is 2. The highest BCUT2D eigenvalue weighted by Crippen LogP contribution is 2.54. The van der Waals surface area contributed by atoms with Crippen LogP contribution in [0.25, 0.3) is 0 Å². The summed E-state index contributed by atoms with van der Waals surface area (Å²) >= 11 is 0. The van der Waals surface area contributed by atoms with Gasteiger partial charge in [0.1, 0.15) is 11.9 Å². The monoisotopic (exact) mass is 403 g/mol. The van der Waals surface area contributed by atoms with Crippen LogP contribution in [0.3, 0.4) is 0 Å². The number of H-pyrrole nitrogens is 1. The minimum atomic E-state index is -0.577. The highest BCUT2D eigenvalue weighted by atomic mass is 16.2. The molecule has 3 atom stereocenters. The van der Waals surface area contributed by atoms with Gasteiger partial charge in [-0.1, -0.05) is 49.1 Å². The average Bonchev–Trinajstić information content (AvgIpc) is 3.41. The normalized spacial score (nSPS) is 22.7. The number of nitrogens with zero attached hydrogens (tertiary/aromatic N) is 3. The lowest BCUT2D eigenvalue weighted by atomic mass is 10.1. The first-order chi connectivity index (χ1) is 14.5. The Hall–Kier alpha value is -3.48. The van der Waals surface area contributed by atoms with Crippen LogP contribution < -0.4 is 10.2 Å². The van der Waals surface area contributed by atoms with Crippen LogP contribution in [0.2, 0.25) is 0 Å². The summed E-state index contributed by atoms with van der Waals surface area (Å²) in [6.07, 6.45) is 8.96. The summed E-state index contributed by atoms with van der Waals surface area (Å²) in [6, 6.07) is 7.35. The zero-order valence-electron chi connectivity index (χ0n) is 17.1. The van der Waals surface area contributed by atoms with Gasteiger partial charge in [0.05, 0.1) is 0 Å². The number of para-hydroxylation sites is 1. The molecule has 154 valence electrons. The number of amides is 2. The number of fused-ring (bicyclic) bond motifs is 3. The molecule has 30 heavy (non-hydrogen) atoms. The summed E-state index contributed by atoms with van der Waals surface area (Å²) < 4.78 is 0. The summed E-state index contributed by atoms with van der Waals surface area (Å²) in [5.74, 6) is 0.514. The molecule has 2 aromatic rings. The second-order valence-electron chi connectivity index (χ2n) is 7.75. The van der Waals surface area contributed by atoms with Crippen molar-refractivity contribution in [1.29, 1.82) is 0 Å². The van der Waals surface area contributed by atoms with Gasteiger partial charge in [-0.05, 0) is 42.4 Å². The topological polar surface area (TPSA) is 91.0 Å². The van der Waals surface area contributed by atoms with Crippen molar-refractivity contribution in [3.63, 3.8) is 0 Å². The molecule has 1 fully saturated rings. The molecule has 1 aliphatic carbocycles. The summed E-state index contributed by atoms with van der Waals surface area (Å²) in [7, 11) is 1.75. The van der Waals surface area contributed by atoms with Crippen LogP contribution in [0.5, 0.6) is 0 Å². The minimum Gasteiger partial charge on any atom is -0.337 e. The summed E-state index contributed by atoms with van der Waals surface area (Å²) in [4.78, 5) is 30.4. The highest BCUT2D eigenvalue weighted by Gasteiger charge is 2.51. The van der Waals surface area contributed by atoms with E-state index in [4.69, 9.17) is 0 Å². The van der Waals surface area contributed by atoms with Gasteiger partial charge in [-0.3, -0.25) is 9.59 Å². The van der Waals surface area contributed by atoms with Crippen LogP contribution in [-0.4, -0.2) is 40.1 Å². The molecule has 0 bridgehead atoms. The van der Waals surface area contributed by atoms with Crippen molar-refractivity contribution in [3.8, 4) is 0 Å². The van der Waals surface area contributed by atoms with Crippen LogP contribution >= 0.6 is 0 Å². The predicted octanol–water partition coefficient (Wildman–Crippen LogP) is 2.91. The Kier molecular flexibility index (Phi) is 5.35. The predicted molar refractivity (Wildman–Crippen MR) is 115 cm³/mol. The van der Waals surface area contributed by atoms with Crippen LogP contribution in [0, 0.1) is 5.92 Å². The largest absolute Gasteiger partial charge is 0.337 e. The molecule has 1 aromatic carbocycles. The Bertz CT molecular complexity index is 1050. The first kappa shape index (κ1) is 19.8. The summed E-state index contributed by atoms with van der Waals surface area (Å²) in [6.45, 7) is 5.91. The standard InChI is InChI=1S/C23H25N5O2/c1-4-5-6-9-14(2)12-19-24-21(27-26-19)22(29)25-20-17-13-16(17)15-10-7-8-11-18(15)28(3)23(20)30/h4-11,16-17,20H,2,12-13H2,1,3H3,(H,25,29)(H,24,26,27)/b5-4-,9-6-/t16?,17?,20-/m0/s1. The second-order valence-corrected chi connectivity index (χ2v) is 7.75. The van der Waals surface area contributed by atoms with E-state index in [9.17, 15) is 9.59 Å². The maximum Gasteiger partial charge on any atom is 0.289 e. The number of hydrogen-bond acceptors (Lipinski definition) is 4. The zero-order chi connectivity index (χ0) is 21.3. The Morgan fingerprint density at radius 1 is 1.33 bits per heavy atom. The van der Waals surface area contributed by atoms with Gasteiger partial charge in [0.15, 0.2) is 0 Å². The molecule has 0 radical (unpaired) electrons. The van der Waals surface area contributed by atoms with E-state index >= 15 is 0 Å². The quantitative estimate of drug-likeness (QED) is 0.726. The van der Waals surface area contributed by atoms with E-state index in [1.165, 1.54) is 5.56 Å². The average molecular weight is 403 g/mol. The Balaban J connectivity index is 1.44. The van der Waals surface area contributed by atoms with Gasteiger partial charge < -0.3 is 15.2 Å². The number of likely N-dealkylation sites (N-methyl/N-ethyl adjacent to an activating group) is 1. The number of aromatic nitrogens is 3. The lowest BCUT2D eigenvalue weighted by molar-refractivity contribution is -0.120. The number of benzene rings is 1. The molecule has 2 heterocycles. The molecule has 4 rings (SSSR count). The first-order valence-corrected chi connectivity index (χ1v) is 10.1. The van der Waals surface area contributed by atoms with Gasteiger partial charge in [-0.2, -0.15) is 0 Å². The number of rotatable bonds is 6. The van der Waals surface area contributed by atoms with Crippen LogP contribution in [0.4, 0.5) is 5.69 Å². The molecule has 2 N–H and O–H groups in total. The maximum absolute atomic E-state index is 13.0. The molecule has 1 aliphatic heterocycles. The van der Waals surface area contributed by atoms with Crippen molar-refractivity contribution < 1.29 is 9.59 Å². The highest BCUT2D eigenvalue weighted by molar-refractivity contribution is 6.03. The molecular weight excluding hydrogens is 378 g/mol. The maximum atomic E-state index is 13.0. The van der Waals surface area contributed by atoms with Crippen LogP contribution in [-0.2, 0) is 11.2 Å². The Labute approximate surface area is 175 Å². The van der Waals surface area contributed by atoms with Crippen LogP contribution in [0.1, 0.15) is 41.3 Å². The Morgan fingerprint density at radius 3 is 2.93 bits per heavy atom. The molecule has 2 aliphatic rings. The van der Waals surface area contributed by atoms with E-state index in [1.54, 1.807) is 11.9 Å². The van der Waals surface area contributed by atoms with Gasteiger partial charge in [-0.25, -0.2) is 0 Å². The lowest BCUT2D eigenvalue weighted by Gasteiger charge is -2.23. The molecule has 2 amide bonds. The molecule has 0 spiro atoms. The molecule has 1 aromatic heterocycles. The van der Waals surface area contributed by atoms with Crippen LogP contribution in [0.15, 0.2) is 60.7 Å². The van der Waals surface area contributed by atoms with E-state index in [-0.39, 0.29) is 23.6 Å². The smallest absolute Gasteiger partial charge is 0.289 e. The van der Waals surface area contributed by atoms with Crippen molar-refractivity contribution in [1.82, 2.24) is 20.5 Å². The van der Waals surface area contributed by atoms with Gasteiger partial charge in [0.25, 0.3) is 5.91 Å². The molecule has 1 saturated carbocycles. The molecule has 2 unspecified atom stereocenters. The van der Waals surface area contributed by atoms with Gasteiger partial charge in [0, 0.05) is 19.2 Å². The molecule has 7 heteroatoms. The van der Waals surface area contributed by atoms with Crippen molar-refractivity contribution in [2.24, 2.45) is 5.92 Å². The van der Waals surface area contributed by atoms with E-state index in [2.05, 4.69) is 33.1 Å². The summed E-state index contributed by atoms with van der Waals surface area (Å²) in [5.41, 5.74) is 2.93. The number of carbonyl (C=O) groups is 2. The Morgan fingerprint density at radius 2 is 2.13 bits per heavy atom. The SMILES string of the molecule is C=C(/C=C\C=C/C)Cc1nnc(C(=O)N[C@@H]2C(=O)N(C)c3ccccc3C3CC32)[nH]1. The molecule has 7 nitrogen and oxygen atoms in total. The summed E-state index contributed by atoms with van der Waals surface area (Å²) in [5, 5.41) is 10.9. The van der Waals surface area contributed by atoms with Crippen molar-refractivity contribution in [2.45, 2.75) is 31.7 Å². The van der Waals surface area contributed by atoms with E-state index in [0.717, 1.165) is 17.7 Å². The lowest BCUT2D eigenvalue weighted by Crippen LogP contribution is -2.48. The fourth-order valence-electron chi connectivity index (χ4n) is 3.99. The third-order valence-electron chi connectivity index (χ3n) is 5.63. The van der Waals surface area contributed by atoms with Crippen molar-refractivity contribution >= 4 is 17.5 Å².